The summed E-state index contributed by atoms with van der Waals surface area (Å²) in [7, 11) is 0. The first-order valence-corrected chi connectivity index (χ1v) is 5.81. The molecule has 3 rings (SSSR count). The number of hydrogen-bond donors (Lipinski definition) is 3. The third kappa shape index (κ3) is 1.78. The second kappa shape index (κ2) is 4.27. The van der Waals surface area contributed by atoms with Gasteiger partial charge < -0.3 is 15.4 Å². The number of imidazole rings is 1. The van der Waals surface area contributed by atoms with Crippen molar-refractivity contribution in [2.45, 2.75) is 18.6 Å². The van der Waals surface area contributed by atoms with Crippen molar-refractivity contribution in [2.24, 2.45) is 0 Å². The third-order valence-electron chi connectivity index (χ3n) is 3.23. The molecule has 92 valence electrons. The molecule has 0 fully saturated rings. The first-order chi connectivity index (χ1) is 8.75. The second-order valence-corrected chi connectivity index (χ2v) is 4.39. The van der Waals surface area contributed by atoms with Crippen molar-refractivity contribution in [3.05, 3.63) is 53.6 Å². The topological polar surface area (TPSA) is 78.0 Å². The molecular formula is C13H13N3O2. The minimum Gasteiger partial charge on any atom is -0.390 e. The van der Waals surface area contributed by atoms with Crippen LogP contribution in [-0.2, 0) is 6.42 Å². The van der Waals surface area contributed by atoms with Crippen molar-refractivity contribution in [2.75, 3.05) is 0 Å². The Morgan fingerprint density at radius 1 is 1.44 bits per heavy atom. The summed E-state index contributed by atoms with van der Waals surface area (Å²) < 4.78 is 0. The van der Waals surface area contributed by atoms with Crippen molar-refractivity contribution in [1.82, 2.24) is 15.3 Å². The highest BCUT2D eigenvalue weighted by molar-refractivity contribution is 5.92. The molecule has 0 bridgehead atoms. The normalized spacial score (nSPS) is 21.6. The molecule has 0 radical (unpaired) electrons. The maximum Gasteiger partial charge on any atom is 0.269 e. The molecule has 0 saturated heterocycles. The molecule has 2 aromatic rings. The molecule has 0 saturated carbocycles. The van der Waals surface area contributed by atoms with E-state index < -0.39 is 6.10 Å². The van der Waals surface area contributed by atoms with Gasteiger partial charge in [-0.25, -0.2) is 4.98 Å². The maximum absolute atomic E-state index is 11.9. The number of carbonyl (C=O) groups is 1. The van der Waals surface area contributed by atoms with Crippen LogP contribution < -0.4 is 5.32 Å². The Morgan fingerprint density at radius 3 is 3.06 bits per heavy atom. The molecule has 1 aliphatic rings. The Bertz CT molecular complexity index is 565. The fraction of sp³-hybridized carbons (Fsp3) is 0.231. The van der Waals surface area contributed by atoms with Gasteiger partial charge in [0.05, 0.1) is 24.7 Å². The monoisotopic (exact) mass is 243 g/mol. The smallest absolute Gasteiger partial charge is 0.269 e. The fourth-order valence-electron chi connectivity index (χ4n) is 2.35. The van der Waals surface area contributed by atoms with E-state index in [2.05, 4.69) is 15.3 Å². The summed E-state index contributed by atoms with van der Waals surface area (Å²) in [5, 5.41) is 12.8. The van der Waals surface area contributed by atoms with Crippen molar-refractivity contribution in [1.29, 1.82) is 0 Å². The van der Waals surface area contributed by atoms with Crippen LogP contribution in [0.1, 0.15) is 27.7 Å². The number of nitrogens with one attached hydrogen (secondary N) is 2. The van der Waals surface area contributed by atoms with Crippen molar-refractivity contribution in [3.63, 3.8) is 0 Å². The van der Waals surface area contributed by atoms with Crippen LogP contribution in [0.2, 0.25) is 0 Å². The quantitative estimate of drug-likeness (QED) is 0.730. The molecule has 5 heteroatoms. The molecule has 1 aromatic carbocycles. The Balaban J connectivity index is 1.83. The number of hydrogen-bond acceptors (Lipinski definition) is 3. The SMILES string of the molecule is O=C(N[C@@H]1c2ccccc2C[C@@H]1O)c1cnc[nH]1. The van der Waals surface area contributed by atoms with Gasteiger partial charge >= 0.3 is 0 Å². The zero-order valence-electron chi connectivity index (χ0n) is 9.63. The average molecular weight is 243 g/mol. The molecule has 18 heavy (non-hydrogen) atoms. The number of fused-ring (bicyclic) bond motifs is 1. The van der Waals surface area contributed by atoms with Gasteiger partial charge in [0.15, 0.2) is 0 Å². The largest absolute Gasteiger partial charge is 0.390 e. The van der Waals surface area contributed by atoms with Crippen LogP contribution in [0.3, 0.4) is 0 Å². The average Bonchev–Trinajstić information content (AvgIpc) is 2.98. The third-order valence-corrected chi connectivity index (χ3v) is 3.23. The Hall–Kier alpha value is -2.14. The lowest BCUT2D eigenvalue weighted by Gasteiger charge is -2.17. The Kier molecular flexibility index (Phi) is 2.60. The summed E-state index contributed by atoms with van der Waals surface area (Å²) in [6, 6.07) is 7.40. The summed E-state index contributed by atoms with van der Waals surface area (Å²) in [6.07, 6.45) is 2.91. The molecule has 1 aromatic heterocycles. The zero-order chi connectivity index (χ0) is 12.5. The van der Waals surface area contributed by atoms with Crippen molar-refractivity contribution in [3.8, 4) is 0 Å². The zero-order valence-corrected chi connectivity index (χ0v) is 9.63. The minimum absolute atomic E-state index is 0.256. The fourth-order valence-corrected chi connectivity index (χ4v) is 2.35. The molecule has 1 aliphatic carbocycles. The highest BCUT2D eigenvalue weighted by Crippen LogP contribution is 2.31. The van der Waals surface area contributed by atoms with Crippen LogP contribution in [0, 0.1) is 0 Å². The molecule has 1 amide bonds. The van der Waals surface area contributed by atoms with Crippen LogP contribution in [0.25, 0.3) is 0 Å². The summed E-state index contributed by atoms with van der Waals surface area (Å²) in [5.74, 6) is -0.256. The molecule has 0 spiro atoms. The lowest BCUT2D eigenvalue weighted by molar-refractivity contribution is 0.0854. The summed E-state index contributed by atoms with van der Waals surface area (Å²) >= 11 is 0. The van der Waals surface area contributed by atoms with E-state index in [4.69, 9.17) is 0 Å². The van der Waals surface area contributed by atoms with Gasteiger partial charge in [-0.2, -0.15) is 0 Å². The predicted molar refractivity (Wildman–Crippen MR) is 64.9 cm³/mol. The summed E-state index contributed by atoms with van der Waals surface area (Å²) in [4.78, 5) is 18.5. The van der Waals surface area contributed by atoms with Crippen LogP contribution >= 0.6 is 0 Å². The van der Waals surface area contributed by atoms with Gasteiger partial charge in [0.2, 0.25) is 0 Å². The van der Waals surface area contributed by atoms with E-state index in [-0.39, 0.29) is 11.9 Å². The number of amides is 1. The van der Waals surface area contributed by atoms with Gasteiger partial charge in [-0.3, -0.25) is 4.79 Å². The molecule has 0 aliphatic heterocycles. The lowest BCUT2D eigenvalue weighted by Crippen LogP contribution is -2.34. The second-order valence-electron chi connectivity index (χ2n) is 4.39. The number of aromatic amines is 1. The number of nitrogens with zero attached hydrogens (tertiary/aromatic N) is 1. The summed E-state index contributed by atoms with van der Waals surface area (Å²) in [5.41, 5.74) is 2.46. The Morgan fingerprint density at radius 2 is 2.28 bits per heavy atom. The molecular weight excluding hydrogens is 230 g/mol. The number of rotatable bonds is 2. The van der Waals surface area contributed by atoms with Crippen LogP contribution in [0.4, 0.5) is 0 Å². The van der Waals surface area contributed by atoms with Gasteiger partial charge in [-0.1, -0.05) is 24.3 Å². The molecule has 0 unspecified atom stereocenters. The number of benzene rings is 1. The van der Waals surface area contributed by atoms with Crippen LogP contribution in [-0.4, -0.2) is 27.1 Å². The predicted octanol–water partition coefficient (Wildman–Crippen LogP) is 0.798. The number of H-pyrrole nitrogens is 1. The van der Waals surface area contributed by atoms with E-state index >= 15 is 0 Å². The summed E-state index contributed by atoms with van der Waals surface area (Å²) in [6.45, 7) is 0. The van der Waals surface area contributed by atoms with Crippen molar-refractivity contribution >= 4 is 5.91 Å². The van der Waals surface area contributed by atoms with E-state index in [0.717, 1.165) is 11.1 Å². The van der Waals surface area contributed by atoms with Crippen LogP contribution in [0.5, 0.6) is 0 Å². The van der Waals surface area contributed by atoms with Crippen LogP contribution in [0.15, 0.2) is 36.8 Å². The molecule has 5 nitrogen and oxygen atoms in total. The number of aromatic nitrogens is 2. The van der Waals surface area contributed by atoms with E-state index in [1.165, 1.54) is 12.5 Å². The maximum atomic E-state index is 11.9. The van der Waals surface area contributed by atoms with E-state index in [1.807, 2.05) is 24.3 Å². The van der Waals surface area contributed by atoms with Gasteiger partial charge in [0, 0.05) is 6.42 Å². The number of carbonyl (C=O) groups excluding carboxylic acids is 1. The Labute approximate surface area is 104 Å². The van der Waals surface area contributed by atoms with Gasteiger partial charge in [0.1, 0.15) is 5.69 Å². The lowest BCUT2D eigenvalue weighted by atomic mass is 10.1. The molecule has 2 atom stereocenters. The van der Waals surface area contributed by atoms with E-state index in [9.17, 15) is 9.90 Å². The number of aliphatic hydroxyl groups excluding tert-OH is 1. The van der Waals surface area contributed by atoms with Gasteiger partial charge in [0.25, 0.3) is 5.91 Å². The minimum atomic E-state index is -0.575. The molecule has 3 N–H and O–H groups in total. The standard InChI is InChI=1S/C13H13N3O2/c17-11-5-8-3-1-2-4-9(8)12(11)16-13(18)10-6-14-7-15-10/h1-4,6-7,11-12,17H,5H2,(H,14,15)(H,16,18)/t11-,12+/m0/s1. The van der Waals surface area contributed by atoms with Gasteiger partial charge in [-0.05, 0) is 11.1 Å². The molecule has 1 heterocycles. The highest BCUT2D eigenvalue weighted by atomic mass is 16.3. The first-order valence-electron chi connectivity index (χ1n) is 5.81. The van der Waals surface area contributed by atoms with Gasteiger partial charge in [-0.15, -0.1) is 0 Å². The van der Waals surface area contributed by atoms with E-state index in [1.54, 1.807) is 0 Å². The van der Waals surface area contributed by atoms with Crippen molar-refractivity contribution < 1.29 is 9.90 Å². The first kappa shape index (κ1) is 11.0. The van der Waals surface area contributed by atoms with E-state index in [0.29, 0.717) is 12.1 Å². The highest BCUT2D eigenvalue weighted by Gasteiger charge is 2.32. The number of aliphatic hydroxyl groups is 1.